The predicted molar refractivity (Wildman–Crippen MR) is 70.4 cm³/mol. The summed E-state index contributed by atoms with van der Waals surface area (Å²) in [5.74, 6) is -1.08. The predicted octanol–water partition coefficient (Wildman–Crippen LogP) is 3.61. The van der Waals surface area contributed by atoms with Gasteiger partial charge in [0.1, 0.15) is 10.6 Å². The average Bonchev–Trinajstić information content (AvgIpc) is 2.84. The molecule has 0 saturated carbocycles. The molecule has 0 aliphatic carbocycles. The maximum atomic E-state index is 12.7. The van der Waals surface area contributed by atoms with Crippen LogP contribution in [0.1, 0.15) is 15.4 Å². The first-order valence-corrected chi connectivity index (χ1v) is 6.35. The number of alkyl halides is 3. The number of hydrogen-bond donors (Lipinski definition) is 2. The summed E-state index contributed by atoms with van der Waals surface area (Å²) < 4.78 is 43.0. The molecule has 0 bridgehead atoms. The van der Waals surface area contributed by atoms with Crippen LogP contribution >= 0.6 is 11.3 Å². The van der Waals surface area contributed by atoms with Gasteiger partial charge in [0.25, 0.3) is 0 Å². The Bertz CT molecular complexity index is 653. The molecule has 21 heavy (non-hydrogen) atoms. The molecule has 2 aromatic rings. The Hall–Kier alpha value is -2.29. The van der Waals surface area contributed by atoms with Crippen LogP contribution in [0.2, 0.25) is 0 Å². The molecule has 0 saturated heterocycles. The van der Waals surface area contributed by atoms with Gasteiger partial charge in [-0.05, 0) is 24.3 Å². The molecular formula is C12H9F3N2O3S. The average molecular weight is 318 g/mol. The fraction of sp³-hybridized carbons (Fsp3) is 0.167. The zero-order valence-electron chi connectivity index (χ0n) is 10.6. The van der Waals surface area contributed by atoms with Gasteiger partial charge in [-0.2, -0.15) is 13.2 Å². The maximum absolute atomic E-state index is 12.7. The fourth-order valence-corrected chi connectivity index (χ4v) is 2.35. The minimum atomic E-state index is -4.82. The monoisotopic (exact) mass is 318 g/mol. The number of aromatic nitrogens is 1. The van der Waals surface area contributed by atoms with Gasteiger partial charge in [-0.25, -0.2) is 9.78 Å². The highest BCUT2D eigenvalue weighted by molar-refractivity contribution is 7.17. The van der Waals surface area contributed by atoms with E-state index in [9.17, 15) is 18.0 Å². The number of benzene rings is 1. The Morgan fingerprint density at radius 1 is 1.33 bits per heavy atom. The summed E-state index contributed by atoms with van der Waals surface area (Å²) in [4.78, 5) is 13.3. The van der Waals surface area contributed by atoms with E-state index in [1.807, 2.05) is 0 Å². The number of aromatic carboxylic acids is 1. The highest BCUT2D eigenvalue weighted by atomic mass is 32.1. The lowest BCUT2D eigenvalue weighted by Gasteiger charge is -2.04. The Balaban J connectivity index is 2.30. The highest BCUT2D eigenvalue weighted by Gasteiger charge is 2.39. The number of nitrogens with zero attached hydrogens (tertiary/aromatic N) is 1. The van der Waals surface area contributed by atoms with E-state index in [4.69, 9.17) is 9.84 Å². The van der Waals surface area contributed by atoms with Crippen LogP contribution < -0.4 is 10.1 Å². The number of ether oxygens (including phenoxy) is 1. The minimum absolute atomic E-state index is 0.148. The summed E-state index contributed by atoms with van der Waals surface area (Å²) in [6.07, 6.45) is -4.82. The molecule has 9 heteroatoms. The SMILES string of the molecule is COc1ccc(Nc2nc(C(F)(F)F)c(C(=O)O)s2)cc1. The van der Waals surface area contributed by atoms with Gasteiger partial charge in [0.2, 0.25) is 0 Å². The Morgan fingerprint density at radius 3 is 2.38 bits per heavy atom. The lowest BCUT2D eigenvalue weighted by molar-refractivity contribution is -0.141. The Kier molecular flexibility index (Phi) is 4.03. The Morgan fingerprint density at radius 2 is 1.95 bits per heavy atom. The normalized spacial score (nSPS) is 11.2. The third kappa shape index (κ3) is 3.43. The van der Waals surface area contributed by atoms with Crippen molar-refractivity contribution in [1.29, 1.82) is 0 Å². The summed E-state index contributed by atoms with van der Waals surface area (Å²) in [5, 5.41) is 11.3. The van der Waals surface area contributed by atoms with Crippen molar-refractivity contribution in [3.05, 3.63) is 34.8 Å². The summed E-state index contributed by atoms with van der Waals surface area (Å²) in [5.41, 5.74) is -0.939. The third-order valence-electron chi connectivity index (χ3n) is 2.43. The van der Waals surface area contributed by atoms with Crippen LogP contribution in [-0.4, -0.2) is 23.2 Å². The van der Waals surface area contributed by atoms with E-state index >= 15 is 0 Å². The third-order valence-corrected chi connectivity index (χ3v) is 3.39. The quantitative estimate of drug-likeness (QED) is 0.901. The fourth-order valence-electron chi connectivity index (χ4n) is 1.51. The second kappa shape index (κ2) is 5.60. The topological polar surface area (TPSA) is 71.5 Å². The first-order chi connectivity index (χ1) is 9.81. The molecule has 0 atom stereocenters. The van der Waals surface area contributed by atoms with Crippen molar-refractivity contribution in [1.82, 2.24) is 4.98 Å². The number of hydrogen-bond acceptors (Lipinski definition) is 5. The molecule has 1 aromatic carbocycles. The van der Waals surface area contributed by atoms with Crippen LogP contribution in [0, 0.1) is 0 Å². The maximum Gasteiger partial charge on any atom is 0.435 e. The molecule has 0 radical (unpaired) electrons. The minimum Gasteiger partial charge on any atom is -0.497 e. The van der Waals surface area contributed by atoms with Gasteiger partial charge < -0.3 is 15.2 Å². The second-order valence-corrected chi connectivity index (χ2v) is 4.85. The first-order valence-electron chi connectivity index (χ1n) is 5.53. The van der Waals surface area contributed by atoms with E-state index in [1.54, 1.807) is 24.3 Å². The molecule has 0 amide bonds. The van der Waals surface area contributed by atoms with E-state index in [0.717, 1.165) is 0 Å². The number of rotatable bonds is 4. The number of nitrogens with one attached hydrogen (secondary N) is 1. The second-order valence-electron chi connectivity index (χ2n) is 3.85. The van der Waals surface area contributed by atoms with E-state index in [1.165, 1.54) is 7.11 Å². The summed E-state index contributed by atoms with van der Waals surface area (Å²) in [6, 6.07) is 6.37. The van der Waals surface area contributed by atoms with E-state index in [0.29, 0.717) is 22.8 Å². The van der Waals surface area contributed by atoms with Crippen molar-refractivity contribution in [3.63, 3.8) is 0 Å². The van der Waals surface area contributed by atoms with Gasteiger partial charge in [-0.1, -0.05) is 11.3 Å². The molecule has 1 heterocycles. The first kappa shape index (κ1) is 15.1. The number of anilines is 2. The van der Waals surface area contributed by atoms with Crippen LogP contribution in [-0.2, 0) is 6.18 Å². The molecule has 0 unspecified atom stereocenters. The molecule has 2 rings (SSSR count). The van der Waals surface area contributed by atoms with Crippen molar-refractivity contribution in [2.24, 2.45) is 0 Å². The molecule has 0 spiro atoms. The van der Waals surface area contributed by atoms with Gasteiger partial charge in [0.05, 0.1) is 7.11 Å². The van der Waals surface area contributed by atoms with Crippen LogP contribution in [0.4, 0.5) is 24.0 Å². The number of halogens is 3. The van der Waals surface area contributed by atoms with Crippen molar-refractivity contribution in [3.8, 4) is 5.75 Å². The number of carboxylic acids is 1. The molecular weight excluding hydrogens is 309 g/mol. The number of carbonyl (C=O) groups is 1. The molecule has 2 N–H and O–H groups in total. The standard InChI is InChI=1S/C12H9F3N2O3S/c1-20-7-4-2-6(3-5-7)16-11-17-9(12(13,14)15)8(21-11)10(18)19/h2-5H,1H3,(H,16,17)(H,18,19). The van der Waals surface area contributed by atoms with Crippen LogP contribution in [0.15, 0.2) is 24.3 Å². The number of methoxy groups -OCH3 is 1. The van der Waals surface area contributed by atoms with Crippen molar-refractivity contribution < 1.29 is 27.8 Å². The molecule has 112 valence electrons. The smallest absolute Gasteiger partial charge is 0.435 e. The van der Waals surface area contributed by atoms with Crippen molar-refractivity contribution in [2.45, 2.75) is 6.18 Å². The number of carboxylic acid groups (broad SMARTS) is 1. The van der Waals surface area contributed by atoms with Gasteiger partial charge in [0, 0.05) is 5.69 Å². The van der Waals surface area contributed by atoms with Crippen LogP contribution in [0.3, 0.4) is 0 Å². The molecule has 5 nitrogen and oxygen atoms in total. The van der Waals surface area contributed by atoms with Gasteiger partial charge in [-0.15, -0.1) is 0 Å². The molecule has 1 aromatic heterocycles. The summed E-state index contributed by atoms with van der Waals surface area (Å²) in [7, 11) is 1.48. The van der Waals surface area contributed by atoms with Crippen molar-refractivity contribution >= 4 is 28.1 Å². The lowest BCUT2D eigenvalue weighted by atomic mass is 10.3. The Labute approximate surface area is 121 Å². The van der Waals surface area contributed by atoms with E-state index in [2.05, 4.69) is 10.3 Å². The summed E-state index contributed by atoms with van der Waals surface area (Å²) >= 11 is 0.426. The highest BCUT2D eigenvalue weighted by Crippen LogP contribution is 2.37. The lowest BCUT2D eigenvalue weighted by Crippen LogP contribution is -2.11. The van der Waals surface area contributed by atoms with Crippen LogP contribution in [0.25, 0.3) is 0 Å². The van der Waals surface area contributed by atoms with E-state index in [-0.39, 0.29) is 5.13 Å². The van der Waals surface area contributed by atoms with Gasteiger partial charge >= 0.3 is 12.1 Å². The van der Waals surface area contributed by atoms with Crippen LogP contribution in [0.5, 0.6) is 5.75 Å². The molecule has 0 fully saturated rings. The van der Waals surface area contributed by atoms with Crippen molar-refractivity contribution in [2.75, 3.05) is 12.4 Å². The van der Waals surface area contributed by atoms with Gasteiger partial charge in [-0.3, -0.25) is 0 Å². The molecule has 0 aliphatic heterocycles. The summed E-state index contributed by atoms with van der Waals surface area (Å²) in [6.45, 7) is 0. The van der Waals surface area contributed by atoms with Gasteiger partial charge in [0.15, 0.2) is 10.8 Å². The molecule has 0 aliphatic rings. The zero-order chi connectivity index (χ0) is 15.6. The largest absolute Gasteiger partial charge is 0.497 e. The number of thiazole rings is 1. The zero-order valence-corrected chi connectivity index (χ0v) is 11.4. The van der Waals surface area contributed by atoms with E-state index < -0.39 is 22.7 Å².